The van der Waals surface area contributed by atoms with Crippen LogP contribution in [0.1, 0.15) is 26.7 Å². The molecule has 0 fully saturated rings. The van der Waals surface area contributed by atoms with Gasteiger partial charge in [0.05, 0.1) is 30.4 Å². The molecule has 0 aliphatic heterocycles. The number of unbranched alkanes of at least 4 members (excludes halogenated alkanes) is 1. The van der Waals surface area contributed by atoms with Crippen LogP contribution in [0, 0.1) is 0 Å². The second kappa shape index (κ2) is 8.82. The van der Waals surface area contributed by atoms with E-state index in [2.05, 4.69) is 35.5 Å². The van der Waals surface area contributed by atoms with Gasteiger partial charge >= 0.3 is 0 Å². The fraction of sp³-hybridized carbons (Fsp3) is 0.615. The molecular formula is C13H23N3O. The van der Waals surface area contributed by atoms with Gasteiger partial charge in [-0.3, -0.25) is 4.98 Å². The fourth-order valence-corrected chi connectivity index (χ4v) is 1.45. The molecule has 0 radical (unpaired) electrons. The quantitative estimate of drug-likeness (QED) is 0.648. The minimum atomic E-state index is 0.742. The van der Waals surface area contributed by atoms with Crippen LogP contribution in [-0.2, 0) is 4.74 Å². The van der Waals surface area contributed by atoms with Crippen molar-refractivity contribution in [2.24, 2.45) is 0 Å². The number of hydrogen-bond acceptors (Lipinski definition) is 4. The molecule has 17 heavy (non-hydrogen) atoms. The van der Waals surface area contributed by atoms with Gasteiger partial charge in [0.1, 0.15) is 0 Å². The van der Waals surface area contributed by atoms with E-state index < -0.39 is 0 Å². The van der Waals surface area contributed by atoms with Crippen LogP contribution in [0.5, 0.6) is 0 Å². The van der Waals surface area contributed by atoms with Crippen molar-refractivity contribution in [3.8, 4) is 0 Å². The summed E-state index contributed by atoms with van der Waals surface area (Å²) < 4.78 is 5.47. The van der Waals surface area contributed by atoms with Gasteiger partial charge in [-0.2, -0.15) is 0 Å². The second-order valence-corrected chi connectivity index (χ2v) is 3.89. The molecule has 0 saturated heterocycles. The van der Waals surface area contributed by atoms with Crippen molar-refractivity contribution in [3.63, 3.8) is 0 Å². The summed E-state index contributed by atoms with van der Waals surface area (Å²) in [5.41, 5.74) is 2.08. The van der Waals surface area contributed by atoms with Gasteiger partial charge in [0, 0.05) is 19.7 Å². The van der Waals surface area contributed by atoms with Crippen LogP contribution in [0.15, 0.2) is 18.5 Å². The Labute approximate surface area is 104 Å². The van der Waals surface area contributed by atoms with Crippen molar-refractivity contribution in [3.05, 3.63) is 18.5 Å². The van der Waals surface area contributed by atoms with E-state index in [1.165, 1.54) is 6.42 Å². The summed E-state index contributed by atoms with van der Waals surface area (Å²) in [4.78, 5) is 4.17. The molecule has 0 bridgehead atoms. The van der Waals surface area contributed by atoms with E-state index in [1.54, 1.807) is 0 Å². The third kappa shape index (κ3) is 6.12. The zero-order chi connectivity index (χ0) is 12.3. The number of nitrogens with zero attached hydrogens (tertiary/aromatic N) is 1. The maximum atomic E-state index is 5.47. The first kappa shape index (κ1) is 13.8. The van der Waals surface area contributed by atoms with Crippen LogP contribution >= 0.6 is 0 Å². The first-order valence-corrected chi connectivity index (χ1v) is 6.37. The second-order valence-electron chi connectivity index (χ2n) is 3.89. The molecule has 0 aromatic carbocycles. The maximum absolute atomic E-state index is 5.47. The normalized spacial score (nSPS) is 10.2. The number of pyridine rings is 1. The van der Waals surface area contributed by atoms with Crippen molar-refractivity contribution >= 4 is 11.4 Å². The Morgan fingerprint density at radius 1 is 1.12 bits per heavy atom. The van der Waals surface area contributed by atoms with Gasteiger partial charge in [-0.15, -0.1) is 0 Å². The van der Waals surface area contributed by atoms with Crippen LogP contribution in [-0.4, -0.2) is 31.3 Å². The van der Waals surface area contributed by atoms with E-state index >= 15 is 0 Å². The van der Waals surface area contributed by atoms with Crippen molar-refractivity contribution in [2.45, 2.75) is 26.7 Å². The minimum absolute atomic E-state index is 0.742. The summed E-state index contributed by atoms with van der Waals surface area (Å²) in [6, 6.07) is 2.06. The van der Waals surface area contributed by atoms with Gasteiger partial charge in [-0.1, -0.05) is 13.3 Å². The molecule has 0 spiro atoms. The topological polar surface area (TPSA) is 46.2 Å². The summed E-state index contributed by atoms with van der Waals surface area (Å²) in [6.45, 7) is 7.56. The van der Waals surface area contributed by atoms with E-state index in [-0.39, 0.29) is 0 Å². The Balaban J connectivity index is 2.19. The lowest BCUT2D eigenvalue weighted by Crippen LogP contribution is -2.10. The van der Waals surface area contributed by atoms with E-state index in [4.69, 9.17) is 4.74 Å². The molecule has 1 heterocycles. The number of hydrogen-bond donors (Lipinski definition) is 2. The minimum Gasteiger partial charge on any atom is -0.384 e. The fourth-order valence-electron chi connectivity index (χ4n) is 1.45. The number of ether oxygens (including phenoxy) is 1. The standard InChI is InChI=1S/C13H23N3O/c1-3-5-7-17-8-6-16-13-9-12(15-4-2)10-14-11-13/h9-11,15-16H,3-8H2,1-2H3. The smallest absolute Gasteiger partial charge is 0.0639 e. The molecule has 96 valence electrons. The molecule has 0 aliphatic carbocycles. The number of aromatic nitrogens is 1. The average Bonchev–Trinajstić information content (AvgIpc) is 2.35. The molecule has 0 atom stereocenters. The predicted octanol–water partition coefficient (Wildman–Crippen LogP) is 2.74. The van der Waals surface area contributed by atoms with Crippen LogP contribution in [0.3, 0.4) is 0 Å². The molecule has 0 aliphatic rings. The van der Waals surface area contributed by atoms with E-state index in [1.807, 2.05) is 12.4 Å². The maximum Gasteiger partial charge on any atom is 0.0639 e. The Kier molecular flexibility index (Phi) is 7.14. The lowest BCUT2D eigenvalue weighted by Gasteiger charge is -2.08. The Morgan fingerprint density at radius 3 is 2.59 bits per heavy atom. The number of anilines is 2. The largest absolute Gasteiger partial charge is 0.384 e. The van der Waals surface area contributed by atoms with Crippen molar-refractivity contribution in [1.82, 2.24) is 4.98 Å². The van der Waals surface area contributed by atoms with Crippen molar-refractivity contribution in [2.75, 3.05) is 36.9 Å². The highest BCUT2D eigenvalue weighted by Gasteiger charge is 1.95. The van der Waals surface area contributed by atoms with Crippen LogP contribution in [0.25, 0.3) is 0 Å². The van der Waals surface area contributed by atoms with Gasteiger partial charge in [-0.25, -0.2) is 0 Å². The molecule has 1 aromatic heterocycles. The highest BCUT2D eigenvalue weighted by molar-refractivity contribution is 5.53. The third-order valence-corrected chi connectivity index (χ3v) is 2.34. The molecule has 0 amide bonds. The first-order valence-electron chi connectivity index (χ1n) is 6.37. The number of nitrogens with one attached hydrogen (secondary N) is 2. The van der Waals surface area contributed by atoms with Crippen LogP contribution < -0.4 is 10.6 Å². The molecule has 0 unspecified atom stereocenters. The van der Waals surface area contributed by atoms with Crippen LogP contribution in [0.2, 0.25) is 0 Å². The van der Waals surface area contributed by atoms with Gasteiger partial charge < -0.3 is 15.4 Å². The lowest BCUT2D eigenvalue weighted by atomic mass is 10.3. The Bertz CT molecular complexity index is 304. The van der Waals surface area contributed by atoms with E-state index in [0.29, 0.717) is 0 Å². The molecule has 4 nitrogen and oxygen atoms in total. The average molecular weight is 237 g/mol. The lowest BCUT2D eigenvalue weighted by molar-refractivity contribution is 0.141. The first-order chi connectivity index (χ1) is 8.36. The number of rotatable bonds is 9. The monoisotopic (exact) mass is 237 g/mol. The molecule has 1 aromatic rings. The molecular weight excluding hydrogens is 214 g/mol. The molecule has 1 rings (SSSR count). The molecule has 2 N–H and O–H groups in total. The zero-order valence-corrected chi connectivity index (χ0v) is 10.8. The highest BCUT2D eigenvalue weighted by atomic mass is 16.5. The summed E-state index contributed by atoms with van der Waals surface area (Å²) >= 11 is 0. The van der Waals surface area contributed by atoms with Gasteiger partial charge in [0.15, 0.2) is 0 Å². The van der Waals surface area contributed by atoms with Crippen LogP contribution in [0.4, 0.5) is 11.4 Å². The third-order valence-electron chi connectivity index (χ3n) is 2.34. The van der Waals surface area contributed by atoms with E-state index in [9.17, 15) is 0 Å². The SMILES string of the molecule is CCCCOCCNc1cncc(NCC)c1. The van der Waals surface area contributed by atoms with Crippen molar-refractivity contribution < 1.29 is 4.74 Å². The van der Waals surface area contributed by atoms with Gasteiger partial charge in [-0.05, 0) is 19.4 Å². The Hall–Kier alpha value is -1.29. The predicted molar refractivity (Wildman–Crippen MR) is 72.6 cm³/mol. The highest BCUT2D eigenvalue weighted by Crippen LogP contribution is 2.11. The van der Waals surface area contributed by atoms with Crippen molar-refractivity contribution in [1.29, 1.82) is 0 Å². The zero-order valence-electron chi connectivity index (χ0n) is 10.8. The molecule has 0 saturated carbocycles. The van der Waals surface area contributed by atoms with E-state index in [0.717, 1.165) is 44.1 Å². The Morgan fingerprint density at radius 2 is 1.88 bits per heavy atom. The summed E-state index contributed by atoms with van der Waals surface area (Å²) in [7, 11) is 0. The van der Waals surface area contributed by atoms with Gasteiger partial charge in [0.2, 0.25) is 0 Å². The summed E-state index contributed by atoms with van der Waals surface area (Å²) in [5.74, 6) is 0. The summed E-state index contributed by atoms with van der Waals surface area (Å²) in [6.07, 6.45) is 5.97. The summed E-state index contributed by atoms with van der Waals surface area (Å²) in [5, 5.41) is 6.53. The van der Waals surface area contributed by atoms with Gasteiger partial charge in [0.25, 0.3) is 0 Å². The molecule has 4 heteroatoms.